The Morgan fingerprint density at radius 1 is 1.07 bits per heavy atom. The summed E-state index contributed by atoms with van der Waals surface area (Å²) in [5.74, 6) is 0. The lowest BCUT2D eigenvalue weighted by atomic mass is 9.80. The van der Waals surface area contributed by atoms with E-state index in [1.165, 1.54) is 11.1 Å². The number of nitrogens with zero attached hydrogens (tertiary/aromatic N) is 1. The Morgan fingerprint density at radius 2 is 1.68 bits per heavy atom. The third-order valence-corrected chi connectivity index (χ3v) is 5.70. The van der Waals surface area contributed by atoms with Gasteiger partial charge >= 0.3 is 13.5 Å². The van der Waals surface area contributed by atoms with Crippen molar-refractivity contribution in [3.8, 4) is 0 Å². The molecule has 0 bridgehead atoms. The predicted octanol–water partition coefficient (Wildman–Crippen LogP) is 3.35. The SMILES string of the molecule is Cc1c([B]OC(C)(C)C(C)(C)O)cccc1NC(=O)N1Cc2ccccc2C1. The van der Waals surface area contributed by atoms with Gasteiger partial charge in [-0.05, 0) is 62.8 Å². The van der Waals surface area contributed by atoms with Gasteiger partial charge in [0.1, 0.15) is 0 Å². The summed E-state index contributed by atoms with van der Waals surface area (Å²) in [7, 11) is 1.65. The highest BCUT2D eigenvalue weighted by Crippen LogP contribution is 2.25. The van der Waals surface area contributed by atoms with Gasteiger partial charge in [-0.1, -0.05) is 36.4 Å². The topological polar surface area (TPSA) is 61.8 Å². The van der Waals surface area contributed by atoms with Gasteiger partial charge < -0.3 is 20.0 Å². The van der Waals surface area contributed by atoms with E-state index in [0.717, 1.165) is 16.7 Å². The average Bonchev–Trinajstić information content (AvgIpc) is 3.06. The van der Waals surface area contributed by atoms with Crippen molar-refractivity contribution in [1.29, 1.82) is 0 Å². The second kappa shape index (κ2) is 7.61. The molecule has 2 amide bonds. The molecule has 1 radical (unpaired) electrons. The minimum atomic E-state index is -0.992. The first-order chi connectivity index (χ1) is 13.1. The number of aliphatic hydroxyl groups is 1. The van der Waals surface area contributed by atoms with Crippen molar-refractivity contribution >= 4 is 24.7 Å². The fourth-order valence-electron chi connectivity index (χ4n) is 2.94. The lowest BCUT2D eigenvalue weighted by Gasteiger charge is -2.37. The first-order valence-electron chi connectivity index (χ1n) is 9.54. The van der Waals surface area contributed by atoms with Crippen molar-refractivity contribution in [2.75, 3.05) is 5.32 Å². The highest BCUT2D eigenvalue weighted by molar-refractivity contribution is 6.48. The normalized spacial score (nSPS) is 14.0. The molecule has 1 heterocycles. The number of anilines is 1. The van der Waals surface area contributed by atoms with E-state index in [1.54, 1.807) is 26.2 Å². The molecule has 0 unspecified atom stereocenters. The number of rotatable bonds is 5. The van der Waals surface area contributed by atoms with Crippen molar-refractivity contribution in [3.05, 3.63) is 59.2 Å². The number of nitrogens with one attached hydrogen (secondary N) is 1. The van der Waals surface area contributed by atoms with E-state index in [9.17, 15) is 9.90 Å². The largest absolute Gasteiger partial charge is 0.427 e. The molecule has 147 valence electrons. The van der Waals surface area contributed by atoms with Crippen LogP contribution in [0.4, 0.5) is 10.5 Å². The fourth-order valence-corrected chi connectivity index (χ4v) is 2.94. The van der Waals surface area contributed by atoms with Crippen LogP contribution in [0.15, 0.2) is 42.5 Å². The van der Waals surface area contributed by atoms with Crippen LogP contribution in [-0.2, 0) is 17.7 Å². The molecule has 2 N–H and O–H groups in total. The van der Waals surface area contributed by atoms with Crippen molar-refractivity contribution < 1.29 is 14.6 Å². The van der Waals surface area contributed by atoms with Crippen LogP contribution in [0.2, 0.25) is 0 Å². The first kappa shape index (κ1) is 20.4. The predicted molar refractivity (Wildman–Crippen MR) is 113 cm³/mol. The quantitative estimate of drug-likeness (QED) is 0.784. The van der Waals surface area contributed by atoms with Crippen molar-refractivity contribution in [2.45, 2.75) is 58.9 Å². The molecule has 0 aromatic heterocycles. The number of urea groups is 1. The minimum absolute atomic E-state index is 0.116. The van der Waals surface area contributed by atoms with E-state index in [-0.39, 0.29) is 6.03 Å². The maximum Gasteiger partial charge on any atom is 0.331 e. The lowest BCUT2D eigenvalue weighted by Crippen LogP contribution is -2.49. The molecule has 2 aromatic rings. The number of benzene rings is 2. The molecule has 5 nitrogen and oxygen atoms in total. The van der Waals surface area contributed by atoms with E-state index < -0.39 is 11.2 Å². The van der Waals surface area contributed by atoms with Gasteiger partial charge in [0.25, 0.3) is 0 Å². The van der Waals surface area contributed by atoms with E-state index in [4.69, 9.17) is 4.65 Å². The van der Waals surface area contributed by atoms with Gasteiger partial charge in [0.05, 0.1) is 11.2 Å². The molecular formula is C22H28BN2O3. The third kappa shape index (κ3) is 4.23. The number of carbonyl (C=O) groups is 1. The summed E-state index contributed by atoms with van der Waals surface area (Å²) in [6.07, 6.45) is 0. The summed E-state index contributed by atoms with van der Waals surface area (Å²) < 4.78 is 5.86. The Kier molecular flexibility index (Phi) is 5.55. The second-order valence-electron chi connectivity index (χ2n) is 8.38. The molecule has 3 rings (SSSR count). The number of hydrogen-bond acceptors (Lipinski definition) is 3. The Bertz CT molecular complexity index is 849. The van der Waals surface area contributed by atoms with Crippen LogP contribution in [0.3, 0.4) is 0 Å². The molecule has 0 aliphatic carbocycles. The zero-order valence-corrected chi connectivity index (χ0v) is 17.2. The van der Waals surface area contributed by atoms with Crippen molar-refractivity contribution in [3.63, 3.8) is 0 Å². The van der Waals surface area contributed by atoms with E-state index in [2.05, 4.69) is 17.4 Å². The molecule has 6 heteroatoms. The molecule has 0 saturated carbocycles. The van der Waals surface area contributed by atoms with Crippen LogP contribution < -0.4 is 10.8 Å². The summed E-state index contributed by atoms with van der Waals surface area (Å²) in [4.78, 5) is 14.5. The second-order valence-corrected chi connectivity index (χ2v) is 8.38. The highest BCUT2D eigenvalue weighted by atomic mass is 16.5. The van der Waals surface area contributed by atoms with E-state index in [1.807, 2.05) is 51.1 Å². The maximum absolute atomic E-state index is 12.7. The van der Waals surface area contributed by atoms with Crippen LogP contribution in [0.25, 0.3) is 0 Å². The zero-order chi connectivity index (χ0) is 20.5. The van der Waals surface area contributed by atoms with Gasteiger partial charge in [-0.2, -0.15) is 0 Å². The molecule has 1 aliphatic heterocycles. The van der Waals surface area contributed by atoms with Crippen LogP contribution in [0.1, 0.15) is 44.4 Å². The highest BCUT2D eigenvalue weighted by Gasteiger charge is 2.36. The Balaban J connectivity index is 1.67. The van der Waals surface area contributed by atoms with E-state index >= 15 is 0 Å². The summed E-state index contributed by atoms with van der Waals surface area (Å²) in [5.41, 5.74) is 3.17. The van der Waals surface area contributed by atoms with Gasteiger partial charge in [0.2, 0.25) is 0 Å². The number of amides is 2. The van der Waals surface area contributed by atoms with Crippen LogP contribution in [-0.4, -0.2) is 34.7 Å². The fraction of sp³-hybridized carbons (Fsp3) is 0.409. The molecule has 0 atom stereocenters. The van der Waals surface area contributed by atoms with E-state index in [0.29, 0.717) is 13.1 Å². The van der Waals surface area contributed by atoms with Crippen LogP contribution >= 0.6 is 0 Å². The first-order valence-corrected chi connectivity index (χ1v) is 9.54. The molecular weight excluding hydrogens is 351 g/mol. The Labute approximate surface area is 168 Å². The molecule has 0 spiro atoms. The van der Waals surface area contributed by atoms with Crippen molar-refractivity contribution in [2.24, 2.45) is 0 Å². The van der Waals surface area contributed by atoms with Crippen LogP contribution in [0.5, 0.6) is 0 Å². The zero-order valence-electron chi connectivity index (χ0n) is 17.2. The number of fused-ring (bicyclic) bond motifs is 1. The molecule has 1 aliphatic rings. The summed E-state index contributed by atoms with van der Waals surface area (Å²) in [5, 5.41) is 13.3. The Morgan fingerprint density at radius 3 is 2.25 bits per heavy atom. The average molecular weight is 379 g/mol. The summed E-state index contributed by atoms with van der Waals surface area (Å²) in [6, 6.07) is 13.7. The van der Waals surface area contributed by atoms with Crippen molar-refractivity contribution in [1.82, 2.24) is 4.90 Å². The standard InChI is InChI=1S/C22H28BN2O3/c1-15-18(23-28-22(4,5)21(2,3)27)11-8-12-19(15)24-20(26)25-13-16-9-6-7-10-17(16)14-25/h6-12,27H,13-14H2,1-5H3,(H,24,26). The number of hydrogen-bond donors (Lipinski definition) is 2. The minimum Gasteiger partial charge on any atom is -0.427 e. The third-order valence-electron chi connectivity index (χ3n) is 5.70. The number of carbonyl (C=O) groups excluding carboxylic acids is 1. The monoisotopic (exact) mass is 379 g/mol. The lowest BCUT2D eigenvalue weighted by molar-refractivity contribution is -0.0893. The Hall–Kier alpha value is -2.31. The van der Waals surface area contributed by atoms with Gasteiger partial charge in [-0.15, -0.1) is 0 Å². The van der Waals surface area contributed by atoms with Gasteiger partial charge in [0, 0.05) is 18.8 Å². The molecule has 28 heavy (non-hydrogen) atoms. The molecule has 0 fully saturated rings. The van der Waals surface area contributed by atoms with Crippen LogP contribution in [0, 0.1) is 6.92 Å². The smallest absolute Gasteiger partial charge is 0.331 e. The molecule has 2 aromatic carbocycles. The maximum atomic E-state index is 12.7. The van der Waals surface area contributed by atoms with Gasteiger partial charge in [-0.3, -0.25) is 0 Å². The molecule has 0 saturated heterocycles. The summed E-state index contributed by atoms with van der Waals surface area (Å²) >= 11 is 0. The summed E-state index contributed by atoms with van der Waals surface area (Å²) in [6.45, 7) is 10.3. The van der Waals surface area contributed by atoms with Gasteiger partial charge in [0.15, 0.2) is 0 Å². The van der Waals surface area contributed by atoms with Gasteiger partial charge in [-0.25, -0.2) is 4.79 Å².